The number of carbonyl (C=O) groups is 2. The highest BCUT2D eigenvalue weighted by molar-refractivity contribution is 7.25. The molecule has 0 aliphatic carbocycles. The van der Waals surface area contributed by atoms with Gasteiger partial charge in [-0.25, -0.2) is 9.59 Å². The molecule has 41 heavy (non-hydrogen) atoms. The summed E-state index contributed by atoms with van der Waals surface area (Å²) in [6, 6.07) is 11.4. The second-order valence-corrected chi connectivity index (χ2v) is 14.3. The number of unbranched alkanes of at least 4 members (excludes halogenated alkanes) is 1. The third kappa shape index (κ3) is 10.9. The van der Waals surface area contributed by atoms with Crippen LogP contribution in [0.4, 0.5) is 0 Å². The highest BCUT2D eigenvalue weighted by Gasteiger charge is 2.23. The molecule has 8 heteroatoms. The van der Waals surface area contributed by atoms with E-state index in [1.165, 1.54) is 0 Å². The molecule has 0 aliphatic rings. The Morgan fingerprint density at radius 1 is 0.683 bits per heavy atom. The van der Waals surface area contributed by atoms with Crippen LogP contribution in [0.5, 0.6) is 0 Å². The van der Waals surface area contributed by atoms with Crippen molar-refractivity contribution in [2.24, 2.45) is 10.8 Å². The first-order valence-electron chi connectivity index (χ1n) is 14.4. The molecule has 0 saturated carbocycles. The van der Waals surface area contributed by atoms with E-state index in [2.05, 4.69) is 65.7 Å². The first-order valence-corrected chi connectivity index (χ1v) is 15.2. The molecule has 3 rings (SSSR count). The third-order valence-electron chi connectivity index (χ3n) is 7.30. The van der Waals surface area contributed by atoms with Gasteiger partial charge in [-0.3, -0.25) is 0 Å². The van der Waals surface area contributed by atoms with Crippen molar-refractivity contribution in [2.75, 3.05) is 54.5 Å². The fourth-order valence-corrected chi connectivity index (χ4v) is 5.90. The van der Waals surface area contributed by atoms with Gasteiger partial charge in [-0.05, 0) is 108 Å². The molecule has 0 bridgehead atoms. The Labute approximate surface area is 256 Å². The lowest BCUT2D eigenvalue weighted by Crippen LogP contribution is -2.24. The van der Waals surface area contributed by atoms with Crippen molar-refractivity contribution >= 4 is 55.9 Å². The summed E-state index contributed by atoms with van der Waals surface area (Å²) in [6.07, 6.45) is 5.32. The Hall–Kier alpha value is -2.19. The van der Waals surface area contributed by atoms with Gasteiger partial charge in [-0.15, -0.1) is 23.7 Å². The van der Waals surface area contributed by atoms with Crippen molar-refractivity contribution in [2.45, 2.75) is 59.8 Å². The second-order valence-electron chi connectivity index (χ2n) is 13.2. The van der Waals surface area contributed by atoms with E-state index in [0.717, 1.165) is 65.4 Å². The monoisotopic (exact) mass is 604 g/mol. The Balaban J connectivity index is 0.00000588. The number of hydrogen-bond acceptors (Lipinski definition) is 7. The smallest absolute Gasteiger partial charge is 0.338 e. The van der Waals surface area contributed by atoms with Gasteiger partial charge >= 0.3 is 11.9 Å². The summed E-state index contributed by atoms with van der Waals surface area (Å²) in [4.78, 5) is 30.1. The number of benzene rings is 2. The normalized spacial score (nSPS) is 12.2. The SMILES string of the molecule is CN(C)CCCCC(C)(C)COC(=O)c1ccc2c(c1)sc1ccc(C(=O)OCC(C)(C)CCCN(C)C)cc12.Cl. The van der Waals surface area contributed by atoms with E-state index < -0.39 is 0 Å². The van der Waals surface area contributed by atoms with Crippen LogP contribution in [0.25, 0.3) is 20.2 Å². The van der Waals surface area contributed by atoms with Gasteiger partial charge in [-0.1, -0.05) is 40.2 Å². The maximum Gasteiger partial charge on any atom is 0.338 e. The lowest BCUT2D eigenvalue weighted by atomic mass is 9.88. The molecule has 1 heterocycles. The highest BCUT2D eigenvalue weighted by Crippen LogP contribution is 2.35. The molecule has 0 radical (unpaired) electrons. The number of esters is 2. The number of rotatable bonds is 15. The van der Waals surface area contributed by atoms with Gasteiger partial charge in [0.05, 0.1) is 24.3 Å². The van der Waals surface area contributed by atoms with Gasteiger partial charge in [-0.2, -0.15) is 0 Å². The molecule has 0 aliphatic heterocycles. The summed E-state index contributed by atoms with van der Waals surface area (Å²) in [5, 5.41) is 2.02. The lowest BCUT2D eigenvalue weighted by Gasteiger charge is -2.24. The van der Waals surface area contributed by atoms with Crippen molar-refractivity contribution < 1.29 is 19.1 Å². The van der Waals surface area contributed by atoms with Crippen LogP contribution in [0, 0.1) is 10.8 Å². The van der Waals surface area contributed by atoms with Crippen LogP contribution in [0.15, 0.2) is 36.4 Å². The average Bonchev–Trinajstić information content (AvgIpc) is 3.25. The van der Waals surface area contributed by atoms with Crippen molar-refractivity contribution in [1.29, 1.82) is 0 Å². The van der Waals surface area contributed by atoms with Gasteiger partial charge in [0.15, 0.2) is 0 Å². The molecule has 6 nitrogen and oxygen atoms in total. The molecular formula is C33H49ClN2O4S. The summed E-state index contributed by atoms with van der Waals surface area (Å²) in [6.45, 7) is 11.5. The minimum absolute atomic E-state index is 0. The van der Waals surface area contributed by atoms with E-state index in [0.29, 0.717) is 24.3 Å². The van der Waals surface area contributed by atoms with E-state index in [-0.39, 0.29) is 35.2 Å². The Bertz CT molecular complexity index is 1300. The number of ether oxygens (including phenoxy) is 2. The van der Waals surface area contributed by atoms with E-state index in [4.69, 9.17) is 9.47 Å². The molecule has 0 amide bonds. The largest absolute Gasteiger partial charge is 0.462 e. The van der Waals surface area contributed by atoms with E-state index in [9.17, 15) is 9.59 Å². The molecule has 0 unspecified atom stereocenters. The van der Waals surface area contributed by atoms with Crippen molar-refractivity contribution in [3.63, 3.8) is 0 Å². The standard InChI is InChI=1S/C33H48N2O4S.ClH/c1-32(2,16-9-10-18-34(5)6)22-39-31(37)25-12-14-26-27-20-24(13-15-28(27)40-29(26)21-25)30(36)38-23-33(3,4)17-11-19-35(7)8;/h12-15,20-21H,9-11,16-19,22-23H2,1-8H3;1H. The van der Waals surface area contributed by atoms with Crippen molar-refractivity contribution in [1.82, 2.24) is 9.80 Å². The van der Waals surface area contributed by atoms with Crippen LogP contribution >= 0.6 is 23.7 Å². The first kappa shape index (κ1) is 35.0. The minimum Gasteiger partial charge on any atom is -0.462 e. The van der Waals surface area contributed by atoms with Crippen molar-refractivity contribution in [3.05, 3.63) is 47.5 Å². The first-order chi connectivity index (χ1) is 18.8. The number of carbonyl (C=O) groups excluding carboxylic acids is 2. The van der Waals surface area contributed by atoms with Crippen LogP contribution in [0.2, 0.25) is 0 Å². The number of halogens is 1. The third-order valence-corrected chi connectivity index (χ3v) is 8.43. The van der Waals surface area contributed by atoms with Crippen LogP contribution in [0.3, 0.4) is 0 Å². The molecule has 0 saturated heterocycles. The molecule has 3 aromatic rings. The Morgan fingerprint density at radius 3 is 1.78 bits per heavy atom. The van der Waals surface area contributed by atoms with Crippen LogP contribution < -0.4 is 0 Å². The van der Waals surface area contributed by atoms with Gasteiger partial charge in [0.25, 0.3) is 0 Å². The van der Waals surface area contributed by atoms with Crippen LogP contribution in [-0.2, 0) is 9.47 Å². The molecular weight excluding hydrogens is 556 g/mol. The van der Waals surface area contributed by atoms with E-state index >= 15 is 0 Å². The quantitative estimate of drug-likeness (QED) is 0.130. The fraction of sp³-hybridized carbons (Fsp3) is 0.576. The summed E-state index contributed by atoms with van der Waals surface area (Å²) >= 11 is 1.61. The van der Waals surface area contributed by atoms with Gasteiger partial charge in [0, 0.05) is 20.2 Å². The van der Waals surface area contributed by atoms with Gasteiger partial charge < -0.3 is 19.3 Å². The maximum atomic E-state index is 12.9. The predicted molar refractivity (Wildman–Crippen MR) is 175 cm³/mol. The topological polar surface area (TPSA) is 59.1 Å². The Morgan fingerprint density at radius 2 is 1.20 bits per heavy atom. The summed E-state index contributed by atoms with van der Waals surface area (Å²) in [5.74, 6) is -0.593. The molecule has 1 aromatic heterocycles. The zero-order chi connectivity index (χ0) is 29.5. The molecule has 228 valence electrons. The predicted octanol–water partition coefficient (Wildman–Crippen LogP) is 7.92. The zero-order valence-electron chi connectivity index (χ0n) is 26.2. The summed E-state index contributed by atoms with van der Waals surface area (Å²) in [7, 11) is 8.32. The van der Waals surface area contributed by atoms with E-state index in [1.54, 1.807) is 11.3 Å². The van der Waals surface area contributed by atoms with Gasteiger partial charge in [0.2, 0.25) is 0 Å². The van der Waals surface area contributed by atoms with Crippen LogP contribution in [-0.4, -0.2) is 76.2 Å². The van der Waals surface area contributed by atoms with E-state index in [1.807, 2.05) is 36.4 Å². The molecule has 2 aromatic carbocycles. The number of thiophene rings is 1. The van der Waals surface area contributed by atoms with Crippen LogP contribution in [0.1, 0.15) is 80.5 Å². The molecule has 0 spiro atoms. The van der Waals surface area contributed by atoms with Crippen molar-refractivity contribution in [3.8, 4) is 0 Å². The molecule has 0 N–H and O–H groups in total. The number of fused-ring (bicyclic) bond motifs is 3. The zero-order valence-corrected chi connectivity index (χ0v) is 27.8. The fourth-order valence-electron chi connectivity index (χ4n) is 4.77. The lowest BCUT2D eigenvalue weighted by molar-refractivity contribution is 0.0316. The maximum absolute atomic E-state index is 12.9. The number of nitrogens with zero attached hydrogens (tertiary/aromatic N) is 2. The molecule has 0 fully saturated rings. The number of hydrogen-bond donors (Lipinski definition) is 0. The van der Waals surface area contributed by atoms with Gasteiger partial charge in [0.1, 0.15) is 0 Å². The molecule has 0 atom stereocenters. The summed E-state index contributed by atoms with van der Waals surface area (Å²) < 4.78 is 13.5. The second kappa shape index (κ2) is 15.3. The highest BCUT2D eigenvalue weighted by atomic mass is 35.5. The Kier molecular flexibility index (Phi) is 13.1. The minimum atomic E-state index is -0.300. The summed E-state index contributed by atoms with van der Waals surface area (Å²) in [5.41, 5.74) is 0.971. The average molecular weight is 605 g/mol.